The Hall–Kier alpha value is -1.56. The summed E-state index contributed by atoms with van der Waals surface area (Å²) in [5.41, 5.74) is 0.372. The number of nitrogens with zero attached hydrogens (tertiary/aromatic N) is 1. The molecule has 0 saturated carbocycles. The minimum Gasteiger partial charge on any atom is -0.490 e. The van der Waals surface area contributed by atoms with Gasteiger partial charge in [-0.15, -0.1) is 0 Å². The fraction of sp³-hybridized carbons (Fsp3) is 0.462. The van der Waals surface area contributed by atoms with Crippen molar-refractivity contribution in [3.05, 3.63) is 33.9 Å². The first-order chi connectivity index (χ1) is 9.13. The Morgan fingerprint density at radius 1 is 1.47 bits per heavy atom. The van der Waals surface area contributed by atoms with Crippen LogP contribution in [0.3, 0.4) is 0 Å². The zero-order valence-corrected chi connectivity index (χ0v) is 11.4. The molecule has 1 saturated heterocycles. The third kappa shape index (κ3) is 3.07. The molecule has 5 nitrogen and oxygen atoms in total. The molecule has 102 valence electrons. The number of benzene rings is 1. The molecular formula is C13H15NO4S. The Bertz CT molecular complexity index is 497. The van der Waals surface area contributed by atoms with Crippen molar-refractivity contribution in [2.75, 3.05) is 12.9 Å². The molecule has 1 aliphatic heterocycles. The van der Waals surface area contributed by atoms with Crippen molar-refractivity contribution in [3.63, 3.8) is 0 Å². The summed E-state index contributed by atoms with van der Waals surface area (Å²) in [7, 11) is 1.37. The average molecular weight is 281 g/mol. The predicted molar refractivity (Wildman–Crippen MR) is 74.1 cm³/mol. The number of carbonyl (C=O) groups excluding carboxylic acids is 1. The van der Waals surface area contributed by atoms with Crippen molar-refractivity contribution in [2.45, 2.75) is 24.5 Å². The van der Waals surface area contributed by atoms with Gasteiger partial charge in [0.2, 0.25) is 0 Å². The molecule has 1 aromatic rings. The van der Waals surface area contributed by atoms with Crippen molar-refractivity contribution in [2.24, 2.45) is 0 Å². The number of thioether (sulfide) groups is 1. The van der Waals surface area contributed by atoms with Gasteiger partial charge in [0, 0.05) is 11.6 Å². The third-order valence-corrected chi connectivity index (χ3v) is 4.51. The highest BCUT2D eigenvalue weighted by Gasteiger charge is 2.25. The van der Waals surface area contributed by atoms with E-state index in [1.807, 2.05) is 0 Å². The Morgan fingerprint density at radius 2 is 2.26 bits per heavy atom. The van der Waals surface area contributed by atoms with Crippen molar-refractivity contribution in [1.29, 1.82) is 0 Å². The summed E-state index contributed by atoms with van der Waals surface area (Å²) in [6, 6.07) is 4.31. The summed E-state index contributed by atoms with van der Waals surface area (Å²) < 4.78 is 4.98. The van der Waals surface area contributed by atoms with E-state index in [-0.39, 0.29) is 22.5 Å². The van der Waals surface area contributed by atoms with Crippen LogP contribution in [-0.4, -0.2) is 28.8 Å². The Balaban J connectivity index is 2.24. The number of Topliss-reactive ketones (excluding diaryl/α,β-unsaturated/α-hetero) is 1. The van der Waals surface area contributed by atoms with E-state index in [4.69, 9.17) is 4.74 Å². The van der Waals surface area contributed by atoms with E-state index < -0.39 is 4.92 Å². The number of hydrogen-bond donors (Lipinski definition) is 0. The standard InChI is InChI=1S/C13H15NO4S/c1-18-11-8-9(5-6-10(11)14(16)17)13(15)12-4-2-3-7-19-12/h5-6,8,12H,2-4,7H2,1H3. The Labute approximate surface area is 115 Å². The maximum absolute atomic E-state index is 12.3. The van der Waals surface area contributed by atoms with Gasteiger partial charge in [-0.1, -0.05) is 6.42 Å². The zero-order valence-electron chi connectivity index (χ0n) is 10.6. The molecule has 0 aromatic heterocycles. The van der Waals surface area contributed by atoms with Gasteiger partial charge in [-0.3, -0.25) is 14.9 Å². The number of nitro benzene ring substituents is 1. The Morgan fingerprint density at radius 3 is 2.84 bits per heavy atom. The molecule has 6 heteroatoms. The molecule has 0 amide bonds. The largest absolute Gasteiger partial charge is 0.490 e. The van der Waals surface area contributed by atoms with Crippen LogP contribution in [0.25, 0.3) is 0 Å². The first-order valence-electron chi connectivity index (χ1n) is 6.11. The highest BCUT2D eigenvalue weighted by atomic mass is 32.2. The van der Waals surface area contributed by atoms with Crippen LogP contribution in [0.2, 0.25) is 0 Å². The van der Waals surface area contributed by atoms with E-state index in [1.165, 1.54) is 25.3 Å². The van der Waals surface area contributed by atoms with Crippen molar-refractivity contribution < 1.29 is 14.5 Å². The van der Waals surface area contributed by atoms with Crippen LogP contribution in [0.15, 0.2) is 18.2 Å². The number of ether oxygens (including phenoxy) is 1. The second-order valence-electron chi connectivity index (χ2n) is 4.36. The lowest BCUT2D eigenvalue weighted by Gasteiger charge is -2.20. The zero-order chi connectivity index (χ0) is 13.8. The van der Waals surface area contributed by atoms with Crippen LogP contribution >= 0.6 is 11.8 Å². The van der Waals surface area contributed by atoms with Gasteiger partial charge in [0.05, 0.1) is 17.3 Å². The van der Waals surface area contributed by atoms with Crippen LogP contribution in [0.4, 0.5) is 5.69 Å². The molecule has 0 spiro atoms. The molecule has 1 heterocycles. The molecule has 0 aliphatic carbocycles. The predicted octanol–water partition coefficient (Wildman–Crippen LogP) is 3.07. The van der Waals surface area contributed by atoms with Crippen LogP contribution in [0.1, 0.15) is 29.6 Å². The topological polar surface area (TPSA) is 69.4 Å². The first-order valence-corrected chi connectivity index (χ1v) is 7.16. The molecule has 1 aliphatic rings. The second-order valence-corrected chi connectivity index (χ2v) is 5.67. The maximum Gasteiger partial charge on any atom is 0.310 e. The second kappa shape index (κ2) is 6.06. The van der Waals surface area contributed by atoms with Gasteiger partial charge < -0.3 is 4.74 Å². The van der Waals surface area contributed by atoms with E-state index >= 15 is 0 Å². The normalized spacial score (nSPS) is 18.9. The molecule has 2 rings (SSSR count). The van der Waals surface area contributed by atoms with E-state index in [9.17, 15) is 14.9 Å². The van der Waals surface area contributed by atoms with Crippen molar-refractivity contribution in [1.82, 2.24) is 0 Å². The minimum atomic E-state index is -0.511. The number of ketones is 1. The molecule has 19 heavy (non-hydrogen) atoms. The van der Waals surface area contributed by atoms with Gasteiger partial charge in [-0.25, -0.2) is 0 Å². The van der Waals surface area contributed by atoms with Crippen LogP contribution in [0, 0.1) is 10.1 Å². The number of methoxy groups -OCH3 is 1. The molecule has 1 unspecified atom stereocenters. The average Bonchev–Trinajstić information content (AvgIpc) is 2.46. The highest BCUT2D eigenvalue weighted by molar-refractivity contribution is 8.00. The van der Waals surface area contributed by atoms with Gasteiger partial charge in [0.25, 0.3) is 0 Å². The molecule has 0 N–H and O–H groups in total. The number of carbonyl (C=O) groups is 1. The van der Waals surface area contributed by atoms with Crippen LogP contribution < -0.4 is 4.74 Å². The van der Waals surface area contributed by atoms with Gasteiger partial charge >= 0.3 is 5.69 Å². The van der Waals surface area contributed by atoms with Crippen LogP contribution in [0.5, 0.6) is 5.75 Å². The van der Waals surface area contributed by atoms with Crippen LogP contribution in [-0.2, 0) is 0 Å². The lowest BCUT2D eigenvalue weighted by Crippen LogP contribution is -2.21. The van der Waals surface area contributed by atoms with Gasteiger partial charge in [-0.2, -0.15) is 11.8 Å². The van der Waals surface area contributed by atoms with E-state index in [0.29, 0.717) is 5.56 Å². The summed E-state index contributed by atoms with van der Waals surface area (Å²) >= 11 is 1.67. The lowest BCUT2D eigenvalue weighted by atomic mass is 10.0. The van der Waals surface area contributed by atoms with Crippen molar-refractivity contribution in [3.8, 4) is 5.75 Å². The molecule has 0 radical (unpaired) electrons. The Kier molecular flexibility index (Phi) is 4.42. The summed E-state index contributed by atoms with van der Waals surface area (Å²) in [5, 5.41) is 10.8. The molecular weight excluding hydrogens is 266 g/mol. The fourth-order valence-corrected chi connectivity index (χ4v) is 3.39. The van der Waals surface area contributed by atoms with Crippen molar-refractivity contribution >= 4 is 23.2 Å². The maximum atomic E-state index is 12.3. The molecule has 1 aromatic carbocycles. The number of hydrogen-bond acceptors (Lipinski definition) is 5. The van der Waals surface area contributed by atoms with Gasteiger partial charge in [0.1, 0.15) is 0 Å². The minimum absolute atomic E-state index is 0.0279. The molecule has 1 fully saturated rings. The quantitative estimate of drug-likeness (QED) is 0.482. The lowest BCUT2D eigenvalue weighted by molar-refractivity contribution is -0.385. The molecule has 1 atom stereocenters. The summed E-state index contributed by atoms with van der Waals surface area (Å²) in [6.07, 6.45) is 3.09. The monoisotopic (exact) mass is 281 g/mol. The summed E-state index contributed by atoms with van der Waals surface area (Å²) in [6.45, 7) is 0. The third-order valence-electron chi connectivity index (χ3n) is 3.13. The SMILES string of the molecule is COc1cc(C(=O)C2CCCCS2)ccc1[N+](=O)[O-]. The summed E-state index contributed by atoms with van der Waals surface area (Å²) in [5.74, 6) is 1.18. The first kappa shape index (κ1) is 13.9. The number of rotatable bonds is 4. The van der Waals surface area contributed by atoms with E-state index in [1.54, 1.807) is 11.8 Å². The van der Waals surface area contributed by atoms with Gasteiger partial charge in [0.15, 0.2) is 11.5 Å². The van der Waals surface area contributed by atoms with Gasteiger partial charge in [-0.05, 0) is 30.7 Å². The number of nitro groups is 1. The smallest absolute Gasteiger partial charge is 0.310 e. The van der Waals surface area contributed by atoms with E-state index in [2.05, 4.69) is 0 Å². The summed E-state index contributed by atoms with van der Waals surface area (Å²) in [4.78, 5) is 22.6. The highest BCUT2D eigenvalue weighted by Crippen LogP contribution is 2.32. The fourth-order valence-electron chi connectivity index (χ4n) is 2.12. The van der Waals surface area contributed by atoms with E-state index in [0.717, 1.165) is 25.0 Å². The molecule has 0 bridgehead atoms.